The summed E-state index contributed by atoms with van der Waals surface area (Å²) in [4.78, 5) is 4.49. The molecule has 5 nitrogen and oxygen atoms in total. The summed E-state index contributed by atoms with van der Waals surface area (Å²) in [5, 5.41) is 13.3. The lowest BCUT2D eigenvalue weighted by Gasteiger charge is -2.21. The Kier molecular flexibility index (Phi) is 6.13. The third kappa shape index (κ3) is 4.90. The Balaban J connectivity index is 2.05. The molecule has 0 spiro atoms. The molecule has 2 aromatic carbocycles. The molecule has 0 unspecified atom stereocenters. The van der Waals surface area contributed by atoms with Crippen LogP contribution in [-0.4, -0.2) is 30.6 Å². The van der Waals surface area contributed by atoms with E-state index in [1.165, 1.54) is 6.26 Å². The van der Waals surface area contributed by atoms with Gasteiger partial charge in [-0.2, -0.15) is 0 Å². The highest BCUT2D eigenvalue weighted by atomic mass is 32.2. The van der Waals surface area contributed by atoms with E-state index in [0.29, 0.717) is 12.1 Å². The molecule has 1 aromatic heterocycles. The van der Waals surface area contributed by atoms with Gasteiger partial charge in [0.15, 0.2) is 9.84 Å². The van der Waals surface area contributed by atoms with Crippen LogP contribution < -0.4 is 0 Å². The second-order valence-corrected chi connectivity index (χ2v) is 9.20. The van der Waals surface area contributed by atoms with Crippen LogP contribution in [0.1, 0.15) is 40.3 Å². The van der Waals surface area contributed by atoms with Gasteiger partial charge >= 0.3 is 0 Å². The number of oxime groups is 1. The molecule has 0 aliphatic carbocycles. The van der Waals surface area contributed by atoms with Crippen molar-refractivity contribution in [2.24, 2.45) is 5.16 Å². The standard InChI is InChI=1S/C23H24N2O3S/c1-16-6-4-5-7-21(16)22(18-8-10-20(11-9-18)29(3,27)28)15-23(25-26)19-12-13-24-17(2)14-19/h4-14,22,26H,15H2,1-3H3/t22-/m1/s1. The summed E-state index contributed by atoms with van der Waals surface area (Å²) in [7, 11) is -3.26. The highest BCUT2D eigenvalue weighted by Gasteiger charge is 2.21. The summed E-state index contributed by atoms with van der Waals surface area (Å²) in [5.41, 5.74) is 5.38. The minimum Gasteiger partial charge on any atom is -0.411 e. The van der Waals surface area contributed by atoms with Gasteiger partial charge in [-0.3, -0.25) is 4.98 Å². The van der Waals surface area contributed by atoms with Crippen LogP contribution in [0.3, 0.4) is 0 Å². The van der Waals surface area contributed by atoms with E-state index < -0.39 is 9.84 Å². The molecule has 3 aromatic rings. The van der Waals surface area contributed by atoms with Crippen LogP contribution >= 0.6 is 0 Å². The van der Waals surface area contributed by atoms with Gasteiger partial charge in [-0.1, -0.05) is 41.6 Å². The molecular weight excluding hydrogens is 384 g/mol. The first-order chi connectivity index (χ1) is 13.8. The largest absolute Gasteiger partial charge is 0.411 e. The van der Waals surface area contributed by atoms with E-state index in [9.17, 15) is 13.6 Å². The molecule has 29 heavy (non-hydrogen) atoms. The third-order valence-corrected chi connectivity index (χ3v) is 6.15. The lowest BCUT2D eigenvalue weighted by molar-refractivity contribution is 0.317. The van der Waals surface area contributed by atoms with Crippen molar-refractivity contribution in [1.29, 1.82) is 0 Å². The van der Waals surface area contributed by atoms with Crippen molar-refractivity contribution >= 4 is 15.5 Å². The van der Waals surface area contributed by atoms with E-state index in [0.717, 1.165) is 27.9 Å². The molecule has 0 aliphatic rings. The fourth-order valence-corrected chi connectivity index (χ4v) is 4.10. The number of hydrogen-bond acceptors (Lipinski definition) is 5. The number of rotatable bonds is 6. The molecule has 1 N–H and O–H groups in total. The molecule has 3 rings (SSSR count). The molecule has 0 bridgehead atoms. The number of hydrogen-bond donors (Lipinski definition) is 1. The average molecular weight is 409 g/mol. The zero-order valence-corrected chi connectivity index (χ0v) is 17.5. The molecular formula is C23H24N2O3S. The minimum atomic E-state index is -3.26. The number of sulfone groups is 1. The van der Waals surface area contributed by atoms with E-state index in [1.807, 2.05) is 56.3 Å². The fraction of sp³-hybridized carbons (Fsp3) is 0.217. The van der Waals surface area contributed by atoms with Crippen molar-refractivity contribution in [2.45, 2.75) is 31.1 Å². The van der Waals surface area contributed by atoms with Crippen LogP contribution in [0.2, 0.25) is 0 Å². The van der Waals surface area contributed by atoms with Crippen molar-refractivity contribution in [3.8, 4) is 0 Å². The molecule has 0 saturated heterocycles. The normalized spacial score (nSPS) is 13.3. The summed E-state index contributed by atoms with van der Waals surface area (Å²) in [6.45, 7) is 3.93. The lowest BCUT2D eigenvalue weighted by Crippen LogP contribution is -2.12. The maximum absolute atomic E-state index is 11.8. The molecule has 0 amide bonds. The summed E-state index contributed by atoms with van der Waals surface area (Å²) in [5.74, 6) is -0.0934. The first kappa shape index (κ1) is 20.7. The first-order valence-corrected chi connectivity index (χ1v) is 11.2. The maximum Gasteiger partial charge on any atom is 0.175 e. The van der Waals surface area contributed by atoms with Gasteiger partial charge in [0, 0.05) is 36.0 Å². The van der Waals surface area contributed by atoms with Gasteiger partial charge in [-0.05, 0) is 54.8 Å². The topological polar surface area (TPSA) is 79.6 Å². The van der Waals surface area contributed by atoms with Crippen LogP contribution in [0.5, 0.6) is 0 Å². The van der Waals surface area contributed by atoms with Crippen LogP contribution in [0.25, 0.3) is 0 Å². The predicted octanol–water partition coefficient (Wildman–Crippen LogP) is 4.50. The second-order valence-electron chi connectivity index (χ2n) is 7.19. The Morgan fingerprint density at radius 1 is 1.07 bits per heavy atom. The monoisotopic (exact) mass is 408 g/mol. The summed E-state index contributed by atoms with van der Waals surface area (Å²) in [6, 6.07) is 18.7. The maximum atomic E-state index is 11.8. The highest BCUT2D eigenvalue weighted by molar-refractivity contribution is 7.90. The average Bonchev–Trinajstić information content (AvgIpc) is 2.69. The minimum absolute atomic E-state index is 0.0934. The Morgan fingerprint density at radius 3 is 2.34 bits per heavy atom. The SMILES string of the molecule is Cc1cc(C(C[C@H](c2ccc(S(C)(=O)=O)cc2)c2ccccc2C)=NO)ccn1. The molecule has 0 aliphatic heterocycles. The van der Waals surface area contributed by atoms with E-state index >= 15 is 0 Å². The molecule has 6 heteroatoms. The van der Waals surface area contributed by atoms with E-state index in [1.54, 1.807) is 18.3 Å². The number of nitrogens with zero attached hydrogens (tertiary/aromatic N) is 2. The molecule has 0 fully saturated rings. The zero-order valence-electron chi connectivity index (χ0n) is 16.7. The smallest absolute Gasteiger partial charge is 0.175 e. The summed E-state index contributed by atoms with van der Waals surface area (Å²) in [6.07, 6.45) is 3.35. The second kappa shape index (κ2) is 8.57. The first-order valence-electron chi connectivity index (χ1n) is 9.29. The number of benzene rings is 2. The Hall–Kier alpha value is -2.99. The van der Waals surface area contributed by atoms with Gasteiger partial charge in [0.1, 0.15) is 0 Å². The van der Waals surface area contributed by atoms with Crippen molar-refractivity contribution in [3.05, 3.63) is 94.8 Å². The number of aryl methyl sites for hydroxylation is 2. The fourth-order valence-electron chi connectivity index (χ4n) is 3.47. The number of pyridine rings is 1. The molecule has 1 heterocycles. The summed E-state index contributed by atoms with van der Waals surface area (Å²) >= 11 is 0. The van der Waals surface area contributed by atoms with Gasteiger partial charge in [0.05, 0.1) is 10.6 Å². The van der Waals surface area contributed by atoms with Crippen LogP contribution in [0.15, 0.2) is 76.9 Å². The quantitative estimate of drug-likeness (QED) is 0.370. The lowest BCUT2D eigenvalue weighted by atomic mass is 9.83. The van der Waals surface area contributed by atoms with Crippen molar-refractivity contribution in [3.63, 3.8) is 0 Å². The Labute approximate surface area is 171 Å². The van der Waals surface area contributed by atoms with Crippen molar-refractivity contribution in [1.82, 2.24) is 4.98 Å². The molecule has 150 valence electrons. The van der Waals surface area contributed by atoms with Gasteiger partial charge in [-0.15, -0.1) is 0 Å². The van der Waals surface area contributed by atoms with Crippen molar-refractivity contribution < 1.29 is 13.6 Å². The van der Waals surface area contributed by atoms with Crippen LogP contribution in [-0.2, 0) is 9.84 Å². The van der Waals surface area contributed by atoms with Crippen LogP contribution in [0.4, 0.5) is 0 Å². The van der Waals surface area contributed by atoms with Crippen LogP contribution in [0, 0.1) is 13.8 Å². The van der Waals surface area contributed by atoms with Gasteiger partial charge in [-0.25, -0.2) is 8.42 Å². The van der Waals surface area contributed by atoms with E-state index in [2.05, 4.69) is 16.2 Å². The van der Waals surface area contributed by atoms with Gasteiger partial charge in [0.2, 0.25) is 0 Å². The molecule has 1 atom stereocenters. The molecule has 0 radical (unpaired) electrons. The van der Waals surface area contributed by atoms with E-state index in [-0.39, 0.29) is 10.8 Å². The van der Waals surface area contributed by atoms with E-state index in [4.69, 9.17) is 0 Å². The summed E-state index contributed by atoms with van der Waals surface area (Å²) < 4.78 is 23.6. The van der Waals surface area contributed by atoms with Gasteiger partial charge in [0.25, 0.3) is 0 Å². The van der Waals surface area contributed by atoms with Crippen molar-refractivity contribution in [2.75, 3.05) is 6.26 Å². The molecule has 0 saturated carbocycles. The highest BCUT2D eigenvalue weighted by Crippen LogP contribution is 2.32. The Bertz CT molecular complexity index is 1140. The Morgan fingerprint density at radius 2 is 1.76 bits per heavy atom. The van der Waals surface area contributed by atoms with Gasteiger partial charge < -0.3 is 5.21 Å². The zero-order chi connectivity index (χ0) is 21.0. The third-order valence-electron chi connectivity index (χ3n) is 5.02. The predicted molar refractivity (Wildman–Crippen MR) is 114 cm³/mol. The number of aromatic nitrogens is 1.